The molecule has 0 saturated carbocycles. The van der Waals surface area contributed by atoms with Crippen LogP contribution in [0.2, 0.25) is 0 Å². The molecule has 0 bridgehead atoms. The van der Waals surface area contributed by atoms with Crippen LogP contribution in [-0.4, -0.2) is 6.54 Å². The first-order valence-corrected chi connectivity index (χ1v) is 8.17. The van der Waals surface area contributed by atoms with E-state index in [9.17, 15) is 0 Å². The minimum absolute atomic E-state index is 0.229. The summed E-state index contributed by atoms with van der Waals surface area (Å²) in [6, 6.07) is 13.5. The molecule has 3 rings (SSSR count). The molecule has 0 aliphatic carbocycles. The van der Waals surface area contributed by atoms with Gasteiger partial charge in [0.05, 0.1) is 19.3 Å². The van der Waals surface area contributed by atoms with Gasteiger partial charge >= 0.3 is 0 Å². The molecule has 2 aromatic rings. The Hall–Kier alpha value is -1.16. The van der Waals surface area contributed by atoms with E-state index in [-0.39, 0.29) is 6.04 Å². The zero-order valence-corrected chi connectivity index (χ0v) is 14.0. The molecule has 1 aliphatic rings. The molecule has 3 heteroatoms. The van der Waals surface area contributed by atoms with Crippen LogP contribution in [-0.2, 0) is 18.0 Å². The molecule has 2 nitrogen and oxygen atoms in total. The second-order valence-electron chi connectivity index (χ2n) is 5.52. The van der Waals surface area contributed by atoms with Gasteiger partial charge in [-0.15, -0.1) is 0 Å². The Morgan fingerprint density at radius 1 is 1.10 bits per heavy atom. The first-order chi connectivity index (χ1) is 10.2. The van der Waals surface area contributed by atoms with E-state index in [1.807, 2.05) is 0 Å². The van der Waals surface area contributed by atoms with Crippen molar-refractivity contribution in [1.82, 2.24) is 5.32 Å². The molecule has 1 atom stereocenters. The predicted molar refractivity (Wildman–Crippen MR) is 89.3 cm³/mol. The molecule has 110 valence electrons. The normalized spacial score (nSPS) is 15.0. The van der Waals surface area contributed by atoms with Crippen LogP contribution < -0.4 is 5.32 Å². The average Bonchev–Trinajstić information content (AvgIpc) is 2.95. The molecule has 0 saturated heterocycles. The maximum absolute atomic E-state index is 5.52. The molecular weight excluding hydrogens is 326 g/mol. The fraction of sp³-hybridized carbons (Fsp3) is 0.333. The molecule has 0 fully saturated rings. The van der Waals surface area contributed by atoms with Gasteiger partial charge in [0, 0.05) is 4.47 Å². The third kappa shape index (κ3) is 3.05. The molecule has 2 aromatic carbocycles. The number of benzene rings is 2. The Labute approximate surface area is 134 Å². The summed E-state index contributed by atoms with van der Waals surface area (Å²) in [5.74, 6) is 0. The van der Waals surface area contributed by atoms with E-state index in [0.717, 1.165) is 24.2 Å². The molecule has 0 radical (unpaired) electrons. The van der Waals surface area contributed by atoms with Crippen LogP contribution in [0, 0.1) is 6.92 Å². The van der Waals surface area contributed by atoms with E-state index in [1.54, 1.807) is 0 Å². The van der Waals surface area contributed by atoms with Crippen molar-refractivity contribution < 1.29 is 4.74 Å². The summed E-state index contributed by atoms with van der Waals surface area (Å²) in [7, 11) is 0. The van der Waals surface area contributed by atoms with Crippen LogP contribution in [0.4, 0.5) is 0 Å². The molecule has 0 spiro atoms. The number of nitrogens with one attached hydrogen (secondary N) is 1. The zero-order chi connectivity index (χ0) is 14.8. The van der Waals surface area contributed by atoms with Crippen molar-refractivity contribution in [2.75, 3.05) is 6.54 Å². The lowest BCUT2D eigenvalue weighted by Gasteiger charge is -2.20. The third-order valence-electron chi connectivity index (χ3n) is 4.00. The van der Waals surface area contributed by atoms with Crippen LogP contribution in [0.3, 0.4) is 0 Å². The highest BCUT2D eigenvalue weighted by Crippen LogP contribution is 2.29. The third-order valence-corrected chi connectivity index (χ3v) is 4.89. The number of fused-ring (bicyclic) bond motifs is 1. The first kappa shape index (κ1) is 14.8. The van der Waals surface area contributed by atoms with Gasteiger partial charge in [0.2, 0.25) is 0 Å². The summed E-state index contributed by atoms with van der Waals surface area (Å²) in [6.45, 7) is 6.70. The van der Waals surface area contributed by atoms with Crippen LogP contribution in [0.15, 0.2) is 40.9 Å². The maximum atomic E-state index is 5.52. The van der Waals surface area contributed by atoms with Crippen molar-refractivity contribution in [3.8, 4) is 0 Å². The molecule has 21 heavy (non-hydrogen) atoms. The second kappa shape index (κ2) is 6.30. The summed E-state index contributed by atoms with van der Waals surface area (Å²) in [6.07, 6.45) is 0. The lowest BCUT2D eigenvalue weighted by atomic mass is 9.95. The van der Waals surface area contributed by atoms with E-state index in [2.05, 4.69) is 71.5 Å². The predicted octanol–water partition coefficient (Wildman–Crippen LogP) is 4.49. The Bertz CT molecular complexity index is 654. The van der Waals surface area contributed by atoms with Gasteiger partial charge < -0.3 is 10.1 Å². The molecule has 0 aromatic heterocycles. The molecule has 0 amide bonds. The minimum Gasteiger partial charge on any atom is -0.372 e. The van der Waals surface area contributed by atoms with Gasteiger partial charge in [0.1, 0.15) is 0 Å². The molecule has 1 aliphatic heterocycles. The Morgan fingerprint density at radius 2 is 1.81 bits per heavy atom. The van der Waals surface area contributed by atoms with E-state index in [1.165, 1.54) is 27.8 Å². The quantitative estimate of drug-likeness (QED) is 0.881. The van der Waals surface area contributed by atoms with E-state index >= 15 is 0 Å². The number of ether oxygens (including phenoxy) is 1. The van der Waals surface area contributed by atoms with Crippen LogP contribution in [0.25, 0.3) is 0 Å². The van der Waals surface area contributed by atoms with Gasteiger partial charge in [0.25, 0.3) is 0 Å². The van der Waals surface area contributed by atoms with Gasteiger partial charge in [-0.1, -0.05) is 53.2 Å². The number of rotatable bonds is 4. The number of halogens is 1. The highest BCUT2D eigenvalue weighted by atomic mass is 79.9. The first-order valence-electron chi connectivity index (χ1n) is 7.38. The average molecular weight is 346 g/mol. The highest BCUT2D eigenvalue weighted by Gasteiger charge is 2.17. The van der Waals surface area contributed by atoms with E-state index < -0.39 is 0 Å². The fourth-order valence-electron chi connectivity index (χ4n) is 2.85. The van der Waals surface area contributed by atoms with Crippen molar-refractivity contribution in [1.29, 1.82) is 0 Å². The maximum Gasteiger partial charge on any atom is 0.0725 e. The van der Waals surface area contributed by atoms with Crippen molar-refractivity contribution in [2.45, 2.75) is 33.1 Å². The number of hydrogen-bond donors (Lipinski definition) is 1. The molecule has 1 unspecified atom stereocenters. The van der Waals surface area contributed by atoms with Gasteiger partial charge in [-0.05, 0) is 47.4 Å². The number of aryl methyl sites for hydroxylation is 1. The molecule has 1 heterocycles. The summed E-state index contributed by atoms with van der Waals surface area (Å²) in [5, 5.41) is 3.60. The Kier molecular flexibility index (Phi) is 4.43. The monoisotopic (exact) mass is 345 g/mol. The lowest BCUT2D eigenvalue weighted by Crippen LogP contribution is -2.22. The SMILES string of the molecule is CCNC(c1ccc(Br)c(C)c1)c1ccc2c(c1)COC2. The van der Waals surface area contributed by atoms with Gasteiger partial charge in [-0.3, -0.25) is 0 Å². The molecular formula is C18H20BrNO. The Morgan fingerprint density at radius 3 is 2.57 bits per heavy atom. The van der Waals surface area contributed by atoms with Gasteiger partial charge in [0.15, 0.2) is 0 Å². The van der Waals surface area contributed by atoms with Crippen LogP contribution in [0.5, 0.6) is 0 Å². The summed E-state index contributed by atoms with van der Waals surface area (Å²) >= 11 is 3.58. The smallest absolute Gasteiger partial charge is 0.0725 e. The topological polar surface area (TPSA) is 21.3 Å². The fourth-order valence-corrected chi connectivity index (χ4v) is 3.10. The van der Waals surface area contributed by atoms with Crippen molar-refractivity contribution in [3.63, 3.8) is 0 Å². The van der Waals surface area contributed by atoms with Gasteiger partial charge in [-0.25, -0.2) is 0 Å². The second-order valence-corrected chi connectivity index (χ2v) is 6.37. The summed E-state index contributed by atoms with van der Waals surface area (Å²) in [4.78, 5) is 0. The number of hydrogen-bond acceptors (Lipinski definition) is 2. The van der Waals surface area contributed by atoms with Crippen molar-refractivity contribution >= 4 is 15.9 Å². The van der Waals surface area contributed by atoms with Crippen LogP contribution >= 0.6 is 15.9 Å². The standard InChI is InChI=1S/C18H20BrNO/c1-3-20-18(13-6-7-17(19)12(2)8-13)14-4-5-15-10-21-11-16(15)9-14/h4-9,18,20H,3,10-11H2,1-2H3. The summed E-state index contributed by atoms with van der Waals surface area (Å²) in [5.41, 5.74) is 6.52. The summed E-state index contributed by atoms with van der Waals surface area (Å²) < 4.78 is 6.68. The zero-order valence-electron chi connectivity index (χ0n) is 12.4. The lowest BCUT2D eigenvalue weighted by molar-refractivity contribution is 0.134. The van der Waals surface area contributed by atoms with Crippen LogP contribution in [0.1, 0.15) is 40.8 Å². The molecule has 1 N–H and O–H groups in total. The highest BCUT2D eigenvalue weighted by molar-refractivity contribution is 9.10. The largest absolute Gasteiger partial charge is 0.372 e. The van der Waals surface area contributed by atoms with E-state index in [4.69, 9.17) is 4.74 Å². The van der Waals surface area contributed by atoms with E-state index in [0.29, 0.717) is 0 Å². The van der Waals surface area contributed by atoms with Gasteiger partial charge in [-0.2, -0.15) is 0 Å². The van der Waals surface area contributed by atoms with Crippen molar-refractivity contribution in [3.05, 3.63) is 68.7 Å². The minimum atomic E-state index is 0.229. The Balaban J connectivity index is 1.99. The van der Waals surface area contributed by atoms with Crippen molar-refractivity contribution in [2.24, 2.45) is 0 Å².